The molecule has 0 aromatic heterocycles. The highest BCUT2D eigenvalue weighted by Gasteiger charge is 2.02. The number of benzene rings is 2. The van der Waals surface area contributed by atoms with Crippen molar-refractivity contribution in [3.05, 3.63) is 57.6 Å². The standard InChI is InChI=1S/C14H13Cl2NO/c1-9-2-4-13(11(15)6-9)17-8-10-3-5-14(18)12(16)7-10/h2-7,17-18H,8H2,1H3. The van der Waals surface area contributed by atoms with Gasteiger partial charge in [0, 0.05) is 6.54 Å². The van der Waals surface area contributed by atoms with Crippen LogP contribution in [0, 0.1) is 6.92 Å². The summed E-state index contributed by atoms with van der Waals surface area (Å²) in [4.78, 5) is 0. The summed E-state index contributed by atoms with van der Waals surface area (Å²) in [6.07, 6.45) is 0. The van der Waals surface area contributed by atoms with E-state index in [4.69, 9.17) is 23.2 Å². The van der Waals surface area contributed by atoms with Crippen molar-refractivity contribution in [2.45, 2.75) is 13.5 Å². The molecular weight excluding hydrogens is 269 g/mol. The molecule has 0 fully saturated rings. The van der Waals surface area contributed by atoms with Crippen molar-refractivity contribution in [3.8, 4) is 5.75 Å². The Balaban J connectivity index is 2.09. The van der Waals surface area contributed by atoms with Crippen molar-refractivity contribution in [2.75, 3.05) is 5.32 Å². The third-order valence-electron chi connectivity index (χ3n) is 2.62. The fraction of sp³-hybridized carbons (Fsp3) is 0.143. The van der Waals surface area contributed by atoms with Crippen LogP contribution in [0.5, 0.6) is 5.75 Å². The number of aryl methyl sites for hydroxylation is 1. The molecule has 94 valence electrons. The molecule has 0 aliphatic heterocycles. The Hall–Kier alpha value is -1.38. The molecule has 2 aromatic carbocycles. The predicted molar refractivity (Wildman–Crippen MR) is 76.6 cm³/mol. The van der Waals surface area contributed by atoms with Crippen LogP contribution in [0.4, 0.5) is 5.69 Å². The highest BCUT2D eigenvalue weighted by molar-refractivity contribution is 6.33. The first-order chi connectivity index (χ1) is 8.56. The molecule has 0 saturated carbocycles. The molecule has 0 unspecified atom stereocenters. The number of aromatic hydroxyl groups is 1. The SMILES string of the molecule is Cc1ccc(NCc2ccc(O)c(Cl)c2)c(Cl)c1. The highest BCUT2D eigenvalue weighted by Crippen LogP contribution is 2.26. The average Bonchev–Trinajstić information content (AvgIpc) is 2.32. The topological polar surface area (TPSA) is 32.3 Å². The van der Waals surface area contributed by atoms with E-state index in [0.717, 1.165) is 16.8 Å². The molecule has 4 heteroatoms. The van der Waals surface area contributed by atoms with E-state index in [-0.39, 0.29) is 5.75 Å². The van der Waals surface area contributed by atoms with Gasteiger partial charge in [-0.2, -0.15) is 0 Å². The minimum Gasteiger partial charge on any atom is -0.506 e. The van der Waals surface area contributed by atoms with Crippen LogP contribution in [0.25, 0.3) is 0 Å². The Labute approximate surface area is 116 Å². The summed E-state index contributed by atoms with van der Waals surface area (Å²) in [6, 6.07) is 11.0. The minimum absolute atomic E-state index is 0.0915. The Kier molecular flexibility index (Phi) is 4.00. The van der Waals surface area contributed by atoms with Gasteiger partial charge in [0.05, 0.1) is 15.7 Å². The Morgan fingerprint density at radius 3 is 2.50 bits per heavy atom. The van der Waals surface area contributed by atoms with Crippen LogP contribution in [0.15, 0.2) is 36.4 Å². The maximum atomic E-state index is 9.33. The number of hydrogen-bond acceptors (Lipinski definition) is 2. The third-order valence-corrected chi connectivity index (χ3v) is 3.24. The molecule has 2 rings (SSSR count). The van der Waals surface area contributed by atoms with Crippen LogP contribution in [0.3, 0.4) is 0 Å². The van der Waals surface area contributed by atoms with Gasteiger partial charge in [0.1, 0.15) is 5.75 Å². The molecule has 0 radical (unpaired) electrons. The molecule has 0 bridgehead atoms. The molecule has 0 aliphatic rings. The van der Waals surface area contributed by atoms with Crippen molar-refractivity contribution >= 4 is 28.9 Å². The van der Waals surface area contributed by atoms with Crippen molar-refractivity contribution in [2.24, 2.45) is 0 Å². The van der Waals surface area contributed by atoms with Gasteiger partial charge in [-0.3, -0.25) is 0 Å². The lowest BCUT2D eigenvalue weighted by Gasteiger charge is -2.09. The summed E-state index contributed by atoms with van der Waals surface area (Å²) in [5.41, 5.74) is 2.99. The van der Waals surface area contributed by atoms with Crippen LogP contribution < -0.4 is 5.32 Å². The maximum Gasteiger partial charge on any atom is 0.134 e. The van der Waals surface area contributed by atoms with E-state index < -0.39 is 0 Å². The molecule has 2 N–H and O–H groups in total. The van der Waals surface area contributed by atoms with Gasteiger partial charge in [0.2, 0.25) is 0 Å². The normalized spacial score (nSPS) is 10.4. The lowest BCUT2D eigenvalue weighted by Crippen LogP contribution is -2.00. The van der Waals surface area contributed by atoms with E-state index in [2.05, 4.69) is 5.32 Å². The van der Waals surface area contributed by atoms with Gasteiger partial charge in [-0.25, -0.2) is 0 Å². The molecule has 18 heavy (non-hydrogen) atoms. The Morgan fingerprint density at radius 1 is 1.06 bits per heavy atom. The van der Waals surface area contributed by atoms with Crippen molar-refractivity contribution in [1.82, 2.24) is 0 Å². The molecule has 0 atom stereocenters. The van der Waals surface area contributed by atoms with Crippen LogP contribution in [0.2, 0.25) is 10.0 Å². The summed E-state index contributed by atoms with van der Waals surface area (Å²) in [5, 5.41) is 13.6. The van der Waals surface area contributed by atoms with Crippen molar-refractivity contribution in [1.29, 1.82) is 0 Å². The lowest BCUT2D eigenvalue weighted by molar-refractivity contribution is 0.475. The summed E-state index contributed by atoms with van der Waals surface area (Å²) in [5.74, 6) is 0.0915. The first kappa shape index (κ1) is 13.1. The molecule has 0 heterocycles. The molecule has 0 amide bonds. The van der Waals surface area contributed by atoms with E-state index in [9.17, 15) is 5.11 Å². The maximum absolute atomic E-state index is 9.33. The molecular formula is C14H13Cl2NO. The first-order valence-electron chi connectivity index (χ1n) is 5.53. The zero-order valence-electron chi connectivity index (χ0n) is 9.87. The van der Waals surface area contributed by atoms with E-state index in [0.29, 0.717) is 16.6 Å². The summed E-state index contributed by atoms with van der Waals surface area (Å²) >= 11 is 12.0. The van der Waals surface area contributed by atoms with Crippen LogP contribution in [0.1, 0.15) is 11.1 Å². The molecule has 0 saturated heterocycles. The van der Waals surface area contributed by atoms with Crippen LogP contribution in [-0.4, -0.2) is 5.11 Å². The second-order valence-corrected chi connectivity index (χ2v) is 4.94. The van der Waals surface area contributed by atoms with E-state index in [1.54, 1.807) is 12.1 Å². The van der Waals surface area contributed by atoms with Gasteiger partial charge >= 0.3 is 0 Å². The fourth-order valence-corrected chi connectivity index (χ4v) is 2.13. The molecule has 0 spiro atoms. The monoisotopic (exact) mass is 281 g/mol. The zero-order valence-corrected chi connectivity index (χ0v) is 11.4. The number of nitrogens with one attached hydrogen (secondary N) is 1. The lowest BCUT2D eigenvalue weighted by atomic mass is 10.2. The van der Waals surface area contributed by atoms with Gasteiger partial charge in [-0.05, 0) is 42.3 Å². The number of halogens is 2. The van der Waals surface area contributed by atoms with Crippen molar-refractivity contribution < 1.29 is 5.11 Å². The largest absolute Gasteiger partial charge is 0.506 e. The van der Waals surface area contributed by atoms with Crippen LogP contribution >= 0.6 is 23.2 Å². The predicted octanol–water partition coefficient (Wildman–Crippen LogP) is 4.62. The number of hydrogen-bond donors (Lipinski definition) is 2. The second-order valence-electron chi connectivity index (χ2n) is 4.12. The van der Waals surface area contributed by atoms with Gasteiger partial charge in [-0.1, -0.05) is 35.3 Å². The first-order valence-corrected chi connectivity index (χ1v) is 6.29. The van der Waals surface area contributed by atoms with Gasteiger partial charge in [-0.15, -0.1) is 0 Å². The number of rotatable bonds is 3. The van der Waals surface area contributed by atoms with Gasteiger partial charge in [0.25, 0.3) is 0 Å². The molecule has 2 aromatic rings. The summed E-state index contributed by atoms with van der Waals surface area (Å²) in [6.45, 7) is 2.60. The Bertz CT molecular complexity index is 570. The highest BCUT2D eigenvalue weighted by atomic mass is 35.5. The second kappa shape index (κ2) is 5.51. The number of phenols is 1. The summed E-state index contributed by atoms with van der Waals surface area (Å²) in [7, 11) is 0. The minimum atomic E-state index is 0.0915. The van der Waals surface area contributed by atoms with Gasteiger partial charge < -0.3 is 10.4 Å². The fourth-order valence-electron chi connectivity index (χ4n) is 1.62. The van der Waals surface area contributed by atoms with E-state index in [1.165, 1.54) is 0 Å². The smallest absolute Gasteiger partial charge is 0.134 e. The van der Waals surface area contributed by atoms with Crippen LogP contribution in [-0.2, 0) is 6.54 Å². The van der Waals surface area contributed by atoms with Crippen molar-refractivity contribution in [3.63, 3.8) is 0 Å². The zero-order chi connectivity index (χ0) is 13.1. The molecule has 2 nitrogen and oxygen atoms in total. The number of phenolic OH excluding ortho intramolecular Hbond substituents is 1. The molecule has 0 aliphatic carbocycles. The van der Waals surface area contributed by atoms with Gasteiger partial charge in [0.15, 0.2) is 0 Å². The summed E-state index contributed by atoms with van der Waals surface area (Å²) < 4.78 is 0. The van der Waals surface area contributed by atoms with E-state index in [1.807, 2.05) is 31.2 Å². The Morgan fingerprint density at radius 2 is 1.83 bits per heavy atom. The average molecular weight is 282 g/mol. The number of anilines is 1. The quantitative estimate of drug-likeness (QED) is 0.861. The van der Waals surface area contributed by atoms with E-state index >= 15 is 0 Å². The third kappa shape index (κ3) is 3.09.